The number of nitrogens with one attached hydrogen (secondary N) is 1. The Morgan fingerprint density at radius 1 is 1.29 bits per heavy atom. The molecule has 31 heavy (non-hydrogen) atoms. The van der Waals surface area contributed by atoms with Gasteiger partial charge in [0, 0.05) is 6.61 Å². The first-order valence-electron chi connectivity index (χ1n) is 10.3. The van der Waals surface area contributed by atoms with Gasteiger partial charge in [-0.2, -0.15) is 0 Å². The lowest BCUT2D eigenvalue weighted by molar-refractivity contribution is -0.119. The van der Waals surface area contributed by atoms with Crippen molar-refractivity contribution in [2.75, 3.05) is 12.4 Å². The molecule has 1 aliphatic heterocycles. The minimum Gasteiger partial charge on any atom is -0.376 e. The lowest BCUT2D eigenvalue weighted by atomic mass is 10.1. The molecule has 6 nitrogen and oxygen atoms in total. The minimum atomic E-state index is -0.315. The van der Waals surface area contributed by atoms with Crippen molar-refractivity contribution in [1.29, 1.82) is 0 Å². The number of carbonyl (C=O) groups is 1. The van der Waals surface area contributed by atoms with Crippen LogP contribution in [0.15, 0.2) is 58.5 Å². The predicted octanol–water partition coefficient (Wildman–Crippen LogP) is 3.68. The standard InChI is InChI=1S/C23H24FN3O3S/c1-15(16-8-10-17(24)11-9-16)25-21(28)14-31-23-26-20-7-3-2-6-19(20)22(29)27(23)13-18-5-4-12-30-18/h2-3,6-11,15,18H,4-5,12-14H2,1H3,(H,25,28)/t15-,18+/m1/s1. The molecule has 2 atom stereocenters. The Kier molecular flexibility index (Phi) is 6.67. The number of carbonyl (C=O) groups excluding carboxylic acids is 1. The van der Waals surface area contributed by atoms with Crippen LogP contribution in [0.3, 0.4) is 0 Å². The Bertz CT molecular complexity index is 1130. The summed E-state index contributed by atoms with van der Waals surface area (Å²) in [7, 11) is 0. The van der Waals surface area contributed by atoms with E-state index >= 15 is 0 Å². The van der Waals surface area contributed by atoms with Crippen molar-refractivity contribution >= 4 is 28.6 Å². The maximum Gasteiger partial charge on any atom is 0.262 e. The number of fused-ring (bicyclic) bond motifs is 1. The van der Waals surface area contributed by atoms with Crippen LogP contribution >= 0.6 is 11.8 Å². The van der Waals surface area contributed by atoms with Gasteiger partial charge in [0.25, 0.3) is 5.56 Å². The maximum atomic E-state index is 13.1. The molecule has 0 spiro atoms. The topological polar surface area (TPSA) is 73.2 Å². The summed E-state index contributed by atoms with van der Waals surface area (Å²) in [5.41, 5.74) is 1.31. The van der Waals surface area contributed by atoms with Crippen molar-refractivity contribution < 1.29 is 13.9 Å². The fourth-order valence-electron chi connectivity index (χ4n) is 3.66. The van der Waals surface area contributed by atoms with Gasteiger partial charge in [0.15, 0.2) is 5.16 Å². The molecule has 1 aliphatic rings. The van der Waals surface area contributed by atoms with E-state index in [2.05, 4.69) is 10.3 Å². The number of rotatable bonds is 7. The van der Waals surface area contributed by atoms with Gasteiger partial charge in [-0.1, -0.05) is 36.0 Å². The smallest absolute Gasteiger partial charge is 0.262 e. The van der Waals surface area contributed by atoms with Gasteiger partial charge in [-0.3, -0.25) is 14.2 Å². The monoisotopic (exact) mass is 441 g/mol. The summed E-state index contributed by atoms with van der Waals surface area (Å²) in [5.74, 6) is -0.390. The normalized spacial score (nSPS) is 17.0. The van der Waals surface area contributed by atoms with Crippen LogP contribution in [0.25, 0.3) is 10.9 Å². The van der Waals surface area contributed by atoms with E-state index in [4.69, 9.17) is 4.74 Å². The van der Waals surface area contributed by atoms with Crippen molar-refractivity contribution in [3.63, 3.8) is 0 Å². The highest BCUT2D eigenvalue weighted by Crippen LogP contribution is 2.21. The van der Waals surface area contributed by atoms with Crippen LogP contribution in [0.5, 0.6) is 0 Å². The quantitative estimate of drug-likeness (QED) is 0.447. The number of halogens is 1. The molecule has 0 bridgehead atoms. The number of para-hydroxylation sites is 1. The van der Waals surface area contributed by atoms with Gasteiger partial charge in [0.2, 0.25) is 5.91 Å². The van der Waals surface area contributed by atoms with Gasteiger partial charge >= 0.3 is 0 Å². The van der Waals surface area contributed by atoms with Crippen molar-refractivity contribution in [3.8, 4) is 0 Å². The molecule has 0 unspecified atom stereocenters. The summed E-state index contributed by atoms with van der Waals surface area (Å²) >= 11 is 1.23. The van der Waals surface area contributed by atoms with Crippen LogP contribution < -0.4 is 10.9 Å². The molecular formula is C23H24FN3O3S. The van der Waals surface area contributed by atoms with Crippen molar-refractivity contribution in [1.82, 2.24) is 14.9 Å². The van der Waals surface area contributed by atoms with Crippen LogP contribution in [0.2, 0.25) is 0 Å². The average Bonchev–Trinajstić information content (AvgIpc) is 3.28. The lowest BCUT2D eigenvalue weighted by Gasteiger charge is -2.17. The van der Waals surface area contributed by atoms with Gasteiger partial charge in [0.05, 0.1) is 35.3 Å². The Hall–Kier alpha value is -2.71. The highest BCUT2D eigenvalue weighted by molar-refractivity contribution is 7.99. The number of nitrogens with zero attached hydrogens (tertiary/aromatic N) is 2. The number of ether oxygens (including phenoxy) is 1. The summed E-state index contributed by atoms with van der Waals surface area (Å²) in [6, 6.07) is 13.0. The molecule has 162 valence electrons. The highest BCUT2D eigenvalue weighted by atomic mass is 32.2. The zero-order valence-electron chi connectivity index (χ0n) is 17.2. The third-order valence-electron chi connectivity index (χ3n) is 5.32. The second-order valence-corrected chi connectivity index (χ2v) is 8.53. The molecule has 2 aromatic carbocycles. The first-order chi connectivity index (χ1) is 15.0. The molecule has 0 saturated carbocycles. The minimum absolute atomic E-state index is 0.0210. The predicted molar refractivity (Wildman–Crippen MR) is 119 cm³/mol. The average molecular weight is 442 g/mol. The Morgan fingerprint density at radius 3 is 2.81 bits per heavy atom. The Labute approximate surface area is 183 Å². The molecule has 1 amide bonds. The molecule has 1 saturated heterocycles. The summed E-state index contributed by atoms with van der Waals surface area (Å²) < 4.78 is 20.5. The number of hydrogen-bond acceptors (Lipinski definition) is 5. The van der Waals surface area contributed by atoms with Crippen LogP contribution in [0, 0.1) is 5.82 Å². The molecule has 4 rings (SSSR count). The van der Waals surface area contributed by atoms with Crippen molar-refractivity contribution in [3.05, 3.63) is 70.3 Å². The van der Waals surface area contributed by atoms with E-state index in [1.807, 2.05) is 19.1 Å². The van der Waals surface area contributed by atoms with Crippen LogP contribution in [-0.4, -0.2) is 33.9 Å². The molecule has 1 fully saturated rings. The van der Waals surface area contributed by atoms with Crippen LogP contribution in [0.1, 0.15) is 31.4 Å². The fraction of sp³-hybridized carbons (Fsp3) is 0.348. The van der Waals surface area contributed by atoms with E-state index in [1.165, 1.54) is 23.9 Å². The van der Waals surface area contributed by atoms with E-state index in [9.17, 15) is 14.0 Å². The second kappa shape index (κ2) is 9.62. The van der Waals surface area contributed by atoms with Gasteiger partial charge < -0.3 is 10.1 Å². The molecule has 0 radical (unpaired) electrons. The number of aromatic nitrogens is 2. The summed E-state index contributed by atoms with van der Waals surface area (Å²) in [5, 5.41) is 3.97. The Morgan fingerprint density at radius 2 is 2.06 bits per heavy atom. The lowest BCUT2D eigenvalue weighted by Crippen LogP contribution is -2.30. The molecule has 1 N–H and O–H groups in total. The summed E-state index contributed by atoms with van der Waals surface area (Å²) in [6.45, 7) is 2.97. The Balaban J connectivity index is 1.50. The number of benzene rings is 2. The van der Waals surface area contributed by atoms with E-state index in [1.54, 1.807) is 28.8 Å². The fourth-order valence-corrected chi connectivity index (χ4v) is 4.48. The summed E-state index contributed by atoms with van der Waals surface area (Å²) in [4.78, 5) is 30.3. The largest absolute Gasteiger partial charge is 0.376 e. The van der Waals surface area contributed by atoms with Crippen LogP contribution in [0.4, 0.5) is 4.39 Å². The van der Waals surface area contributed by atoms with E-state index in [0.717, 1.165) is 18.4 Å². The number of amides is 1. The molecule has 1 aromatic heterocycles. The zero-order chi connectivity index (χ0) is 21.8. The zero-order valence-corrected chi connectivity index (χ0v) is 18.0. The number of hydrogen-bond donors (Lipinski definition) is 1. The second-order valence-electron chi connectivity index (χ2n) is 7.59. The van der Waals surface area contributed by atoms with Gasteiger partial charge in [-0.15, -0.1) is 0 Å². The highest BCUT2D eigenvalue weighted by Gasteiger charge is 2.21. The summed E-state index contributed by atoms with van der Waals surface area (Å²) in [6.07, 6.45) is 1.86. The first kappa shape index (κ1) is 21.5. The first-order valence-corrected chi connectivity index (χ1v) is 11.3. The third kappa shape index (κ3) is 5.14. The van der Waals surface area contributed by atoms with E-state index in [-0.39, 0.29) is 35.2 Å². The van der Waals surface area contributed by atoms with Gasteiger partial charge in [0.1, 0.15) is 5.82 Å². The molecule has 2 heterocycles. The maximum absolute atomic E-state index is 13.1. The molecule has 8 heteroatoms. The molecule has 3 aromatic rings. The third-order valence-corrected chi connectivity index (χ3v) is 6.29. The van der Waals surface area contributed by atoms with E-state index < -0.39 is 0 Å². The van der Waals surface area contributed by atoms with Crippen molar-refractivity contribution in [2.45, 2.75) is 43.6 Å². The number of thioether (sulfide) groups is 1. The molecular weight excluding hydrogens is 417 g/mol. The van der Waals surface area contributed by atoms with E-state index in [0.29, 0.717) is 29.2 Å². The van der Waals surface area contributed by atoms with Crippen LogP contribution in [-0.2, 0) is 16.1 Å². The SMILES string of the molecule is C[C@@H](NC(=O)CSc1nc2ccccc2c(=O)n1C[C@@H]1CCCO1)c1ccc(F)cc1. The van der Waals surface area contributed by atoms with Gasteiger partial charge in [-0.25, -0.2) is 9.37 Å². The van der Waals surface area contributed by atoms with Crippen molar-refractivity contribution in [2.24, 2.45) is 0 Å². The molecule has 0 aliphatic carbocycles. The van der Waals surface area contributed by atoms with Gasteiger partial charge in [-0.05, 0) is 49.6 Å².